The van der Waals surface area contributed by atoms with Gasteiger partial charge in [0.1, 0.15) is 34.9 Å². The Morgan fingerprint density at radius 1 is 1.06 bits per heavy atom. The Morgan fingerprint density at radius 2 is 1.88 bits per heavy atom. The van der Waals surface area contributed by atoms with Crippen LogP contribution in [-0.4, -0.2) is 39.7 Å². The summed E-state index contributed by atoms with van der Waals surface area (Å²) in [7, 11) is 0. The van der Waals surface area contributed by atoms with Gasteiger partial charge in [-0.3, -0.25) is 19.6 Å². The van der Waals surface area contributed by atoms with Gasteiger partial charge in [-0.05, 0) is 29.8 Å². The average Bonchev–Trinajstić information content (AvgIpc) is 3.29. The lowest BCUT2D eigenvalue weighted by Crippen LogP contribution is -2.18. The van der Waals surface area contributed by atoms with E-state index in [0.29, 0.717) is 38.3 Å². The number of nitrogens with one attached hydrogen (secondary N) is 2. The molecule has 0 unspecified atom stereocenters. The lowest BCUT2D eigenvalue weighted by molar-refractivity contribution is -0.325. The summed E-state index contributed by atoms with van der Waals surface area (Å²) in [5.41, 5.74) is 7.05. The number of fused-ring (bicyclic) bond motifs is 4. The van der Waals surface area contributed by atoms with E-state index >= 15 is 0 Å². The number of hydrogen-bond donors (Lipinski definition) is 3. The van der Waals surface area contributed by atoms with Crippen LogP contribution in [0.3, 0.4) is 0 Å². The van der Waals surface area contributed by atoms with Crippen molar-refractivity contribution < 1.29 is 27.0 Å². The predicted molar refractivity (Wildman–Crippen MR) is 117 cm³/mol. The van der Waals surface area contributed by atoms with Crippen LogP contribution in [0.2, 0.25) is 0 Å². The number of H-pyrrole nitrogens is 2. The molecule has 0 amide bonds. The van der Waals surface area contributed by atoms with Gasteiger partial charge < -0.3 is 15.5 Å². The molecule has 3 heterocycles. The third kappa shape index (κ3) is 3.67. The van der Waals surface area contributed by atoms with E-state index in [1.807, 2.05) is 0 Å². The van der Waals surface area contributed by atoms with Crippen LogP contribution in [0.1, 0.15) is 0 Å². The minimum atomic E-state index is -4.79. The van der Waals surface area contributed by atoms with Crippen LogP contribution in [-0.2, 0) is 4.74 Å². The summed E-state index contributed by atoms with van der Waals surface area (Å²) >= 11 is 0. The van der Waals surface area contributed by atoms with Gasteiger partial charge in [-0.1, -0.05) is 6.07 Å². The molecule has 0 aliphatic heterocycles. The monoisotopic (exact) mass is 473 g/mol. The number of hydrogen-bond acceptors (Lipinski definition) is 6. The first kappa shape index (κ1) is 21.6. The minimum absolute atomic E-state index is 0.129. The van der Waals surface area contributed by atoms with Crippen LogP contribution >= 0.6 is 0 Å². The summed E-state index contributed by atoms with van der Waals surface area (Å²) in [5.74, 6) is -0.376. The van der Waals surface area contributed by atoms with Gasteiger partial charge in [0.15, 0.2) is 0 Å². The fraction of sp³-hybridized carbons (Fsp3) is 0.136. The molecule has 174 valence electrons. The Morgan fingerprint density at radius 3 is 2.68 bits per heavy atom. The van der Waals surface area contributed by atoms with Gasteiger partial charge in [-0.25, -0.2) is 4.39 Å². The number of anilines is 1. The van der Waals surface area contributed by atoms with Gasteiger partial charge in [0.2, 0.25) is 0 Å². The molecular formula is C22H15F4N5O3. The van der Waals surface area contributed by atoms with Gasteiger partial charge in [-0.15, -0.1) is 13.2 Å². The molecule has 0 aliphatic rings. The molecule has 0 saturated heterocycles. The summed E-state index contributed by atoms with van der Waals surface area (Å²) in [6.45, 7) is -1.14. The Hall–Kier alpha value is -4.19. The van der Waals surface area contributed by atoms with Crippen LogP contribution < -0.4 is 16.0 Å². The number of pyridine rings is 2. The molecule has 0 atom stereocenters. The van der Waals surface area contributed by atoms with Crippen molar-refractivity contribution in [2.75, 3.05) is 18.9 Å². The maximum atomic E-state index is 14.2. The normalized spacial score (nSPS) is 12.1. The second-order valence-electron chi connectivity index (χ2n) is 7.34. The smallest absolute Gasteiger partial charge is 0.489 e. The van der Waals surface area contributed by atoms with Crippen molar-refractivity contribution in [1.29, 1.82) is 0 Å². The molecule has 12 heteroatoms. The molecule has 0 radical (unpaired) electrons. The number of alkyl halides is 3. The van der Waals surface area contributed by atoms with E-state index in [-0.39, 0.29) is 17.0 Å². The summed E-state index contributed by atoms with van der Waals surface area (Å²) in [4.78, 5) is 19.7. The van der Waals surface area contributed by atoms with Gasteiger partial charge in [0.05, 0.1) is 18.3 Å². The Balaban J connectivity index is 1.75. The molecule has 0 spiro atoms. The first-order valence-electron chi connectivity index (χ1n) is 9.93. The number of nitrogens with zero attached hydrogens (tertiary/aromatic N) is 2. The number of benzene rings is 2. The number of aromatic amines is 2. The zero-order valence-corrected chi connectivity index (χ0v) is 17.2. The van der Waals surface area contributed by atoms with E-state index in [9.17, 15) is 22.4 Å². The number of aromatic nitrogens is 4. The third-order valence-electron chi connectivity index (χ3n) is 5.32. The SMILES string of the molecule is Nc1c(-c2ccc(F)c3[nH]ncc23)c2cc(OCCOC(F)(F)F)c3ncccc3c2[nH]c1=O. The highest BCUT2D eigenvalue weighted by molar-refractivity contribution is 6.15. The van der Waals surface area contributed by atoms with Crippen LogP contribution in [0.15, 0.2) is 47.5 Å². The Kier molecular flexibility index (Phi) is 5.09. The number of nitrogen functional groups attached to an aromatic ring is 1. The molecule has 0 saturated carbocycles. The lowest BCUT2D eigenvalue weighted by Gasteiger charge is -2.16. The van der Waals surface area contributed by atoms with Crippen molar-refractivity contribution in [2.24, 2.45) is 0 Å². The van der Waals surface area contributed by atoms with Crippen molar-refractivity contribution in [3.63, 3.8) is 0 Å². The van der Waals surface area contributed by atoms with Gasteiger partial charge in [0, 0.05) is 27.9 Å². The summed E-state index contributed by atoms with van der Waals surface area (Å²) in [5, 5.41) is 7.77. The van der Waals surface area contributed by atoms with E-state index < -0.39 is 31.0 Å². The van der Waals surface area contributed by atoms with Gasteiger partial charge in [-0.2, -0.15) is 5.10 Å². The van der Waals surface area contributed by atoms with Crippen LogP contribution in [0.25, 0.3) is 43.8 Å². The Bertz CT molecular complexity index is 1610. The zero-order chi connectivity index (χ0) is 24.0. The van der Waals surface area contributed by atoms with Crippen LogP contribution in [0, 0.1) is 5.82 Å². The first-order valence-corrected chi connectivity index (χ1v) is 9.93. The van der Waals surface area contributed by atoms with Crippen molar-refractivity contribution in [3.8, 4) is 16.9 Å². The summed E-state index contributed by atoms with van der Waals surface area (Å²) < 4.78 is 60.6. The highest BCUT2D eigenvalue weighted by atomic mass is 19.4. The van der Waals surface area contributed by atoms with E-state index in [4.69, 9.17) is 10.5 Å². The topological polar surface area (TPSA) is 119 Å². The van der Waals surface area contributed by atoms with E-state index in [1.165, 1.54) is 30.6 Å². The second-order valence-corrected chi connectivity index (χ2v) is 7.34. The molecule has 0 aliphatic carbocycles. The summed E-state index contributed by atoms with van der Waals surface area (Å²) in [6.07, 6.45) is -1.89. The van der Waals surface area contributed by atoms with Crippen molar-refractivity contribution in [2.45, 2.75) is 6.36 Å². The Labute approximate surface area is 187 Å². The molecule has 4 N–H and O–H groups in total. The number of ether oxygens (including phenoxy) is 2. The lowest BCUT2D eigenvalue weighted by atomic mass is 9.95. The van der Waals surface area contributed by atoms with E-state index in [0.717, 1.165) is 0 Å². The molecule has 34 heavy (non-hydrogen) atoms. The minimum Gasteiger partial charge on any atom is -0.489 e. The fourth-order valence-electron chi connectivity index (χ4n) is 3.92. The molecule has 0 bridgehead atoms. The quantitative estimate of drug-likeness (QED) is 0.199. The molecule has 0 fully saturated rings. The standard InChI is InChI=1S/C22H15F4N5O3/c23-14-4-3-10(13-9-29-31-19(13)14)16-12-8-15(33-6-7-34-22(24,25)26)20-11(2-1-5-28-20)18(12)30-21(32)17(16)27/h1-5,8-9H,6-7,27H2,(H,29,31)(H,30,32). The number of nitrogens with two attached hydrogens (primary N) is 1. The molecule has 8 nitrogen and oxygen atoms in total. The first-order chi connectivity index (χ1) is 16.2. The number of halogens is 4. The molecule has 3 aromatic heterocycles. The molecular weight excluding hydrogens is 458 g/mol. The maximum Gasteiger partial charge on any atom is 0.522 e. The molecule has 2 aromatic carbocycles. The largest absolute Gasteiger partial charge is 0.522 e. The highest BCUT2D eigenvalue weighted by Gasteiger charge is 2.28. The third-order valence-corrected chi connectivity index (χ3v) is 5.32. The average molecular weight is 473 g/mol. The maximum absolute atomic E-state index is 14.2. The fourth-order valence-corrected chi connectivity index (χ4v) is 3.92. The van der Waals surface area contributed by atoms with Crippen molar-refractivity contribution in [3.05, 3.63) is 58.9 Å². The van der Waals surface area contributed by atoms with Crippen LogP contribution in [0.4, 0.5) is 23.2 Å². The van der Waals surface area contributed by atoms with Gasteiger partial charge >= 0.3 is 6.36 Å². The van der Waals surface area contributed by atoms with Crippen molar-refractivity contribution >= 4 is 38.4 Å². The molecule has 5 rings (SSSR count). The predicted octanol–water partition coefficient (Wildman–Crippen LogP) is 4.26. The summed E-state index contributed by atoms with van der Waals surface area (Å²) in [6, 6.07) is 7.53. The van der Waals surface area contributed by atoms with Crippen LogP contribution in [0.5, 0.6) is 5.75 Å². The van der Waals surface area contributed by atoms with E-state index in [1.54, 1.807) is 12.1 Å². The van der Waals surface area contributed by atoms with Crippen molar-refractivity contribution in [1.82, 2.24) is 20.2 Å². The highest BCUT2D eigenvalue weighted by Crippen LogP contribution is 2.40. The molecule has 5 aromatic rings. The number of rotatable bonds is 5. The van der Waals surface area contributed by atoms with E-state index in [2.05, 4.69) is 24.9 Å². The van der Waals surface area contributed by atoms with Gasteiger partial charge in [0.25, 0.3) is 5.56 Å². The second kappa shape index (κ2) is 7.99. The zero-order valence-electron chi connectivity index (χ0n) is 17.2.